The van der Waals surface area contributed by atoms with Crippen LogP contribution in [0.25, 0.3) is 22.2 Å². The lowest BCUT2D eigenvalue weighted by atomic mass is 10.0. The molecule has 4 nitrogen and oxygen atoms in total. The first-order chi connectivity index (χ1) is 13.4. The Kier molecular flexibility index (Phi) is 4.65. The van der Waals surface area contributed by atoms with E-state index in [1.807, 2.05) is 25.1 Å². The van der Waals surface area contributed by atoms with Crippen LogP contribution in [0, 0.1) is 6.92 Å². The van der Waals surface area contributed by atoms with Crippen LogP contribution in [0.2, 0.25) is 0 Å². The minimum absolute atomic E-state index is 0.0731. The highest BCUT2D eigenvalue weighted by Gasteiger charge is 2.35. The lowest BCUT2D eigenvalue weighted by molar-refractivity contribution is -0.0494. The van der Waals surface area contributed by atoms with E-state index in [0.717, 1.165) is 40.0 Å². The lowest BCUT2D eigenvalue weighted by Crippen LogP contribution is -2.42. The quantitative estimate of drug-likeness (QED) is 0.621. The molecule has 2 aromatic heterocycles. The van der Waals surface area contributed by atoms with E-state index in [-0.39, 0.29) is 31.8 Å². The summed E-state index contributed by atoms with van der Waals surface area (Å²) in [4.78, 5) is 18.5. The highest BCUT2D eigenvalue weighted by atomic mass is 19.3. The molecule has 146 valence electrons. The smallest absolute Gasteiger partial charge is 0.255 e. The fraction of sp³-hybridized carbons (Fsp3) is 0.364. The summed E-state index contributed by atoms with van der Waals surface area (Å²) in [6.07, 6.45) is 1.79. The minimum Gasteiger partial charge on any atom is -0.461 e. The number of hydrogen-bond acceptors (Lipinski definition) is 3. The number of amides is 1. The Morgan fingerprint density at radius 1 is 1.21 bits per heavy atom. The summed E-state index contributed by atoms with van der Waals surface area (Å²) in [6, 6.07) is 9.59. The number of carbonyl (C=O) groups excluding carboxylic acids is 1. The van der Waals surface area contributed by atoms with Gasteiger partial charge in [0.25, 0.3) is 11.8 Å². The number of likely N-dealkylation sites (tertiary alicyclic amines) is 1. The van der Waals surface area contributed by atoms with Crippen molar-refractivity contribution in [2.45, 2.75) is 39.0 Å². The maximum atomic E-state index is 13.3. The Labute approximate surface area is 162 Å². The number of carbonyl (C=O) groups is 1. The molecular weight excluding hydrogens is 362 g/mol. The maximum absolute atomic E-state index is 13.3. The van der Waals surface area contributed by atoms with Gasteiger partial charge in [-0.3, -0.25) is 9.78 Å². The van der Waals surface area contributed by atoms with E-state index < -0.39 is 5.92 Å². The number of pyridine rings is 1. The maximum Gasteiger partial charge on any atom is 0.255 e. The number of fused-ring (bicyclic) bond motifs is 1. The lowest BCUT2D eigenvalue weighted by Gasteiger charge is -2.31. The van der Waals surface area contributed by atoms with Crippen LogP contribution in [-0.4, -0.2) is 34.8 Å². The summed E-state index contributed by atoms with van der Waals surface area (Å²) in [6.45, 7) is 4.20. The number of alkyl halides is 2. The number of hydrogen-bond donors (Lipinski definition) is 0. The number of piperidine rings is 1. The first-order valence-electron chi connectivity index (χ1n) is 9.53. The summed E-state index contributed by atoms with van der Waals surface area (Å²) in [5.74, 6) is -1.97. The minimum atomic E-state index is -2.67. The van der Waals surface area contributed by atoms with Crippen molar-refractivity contribution in [3.63, 3.8) is 0 Å². The second-order valence-electron chi connectivity index (χ2n) is 7.36. The van der Waals surface area contributed by atoms with Crippen LogP contribution in [0.15, 0.2) is 40.9 Å². The van der Waals surface area contributed by atoms with Gasteiger partial charge >= 0.3 is 0 Å². The van der Waals surface area contributed by atoms with Crippen molar-refractivity contribution in [1.29, 1.82) is 0 Å². The van der Waals surface area contributed by atoms with Gasteiger partial charge in [-0.2, -0.15) is 0 Å². The third kappa shape index (κ3) is 3.51. The van der Waals surface area contributed by atoms with Gasteiger partial charge in [0.15, 0.2) is 0 Å². The SMILES string of the molecule is CCc1cc2cc(-c3ccc(C(=O)N4CCC(F)(F)CC4)cn3)cc(C)c2o1. The molecule has 0 bridgehead atoms. The molecule has 0 radical (unpaired) electrons. The molecule has 1 saturated heterocycles. The molecule has 0 atom stereocenters. The number of rotatable bonds is 3. The van der Waals surface area contributed by atoms with Gasteiger partial charge < -0.3 is 9.32 Å². The number of furan rings is 1. The Balaban J connectivity index is 1.56. The van der Waals surface area contributed by atoms with Gasteiger partial charge in [0.05, 0.1) is 11.3 Å². The van der Waals surface area contributed by atoms with E-state index in [1.54, 1.807) is 12.1 Å². The third-order valence-electron chi connectivity index (χ3n) is 5.29. The Bertz CT molecular complexity index is 1010. The molecule has 3 aromatic rings. The molecule has 1 aromatic carbocycles. The molecule has 0 aliphatic carbocycles. The van der Waals surface area contributed by atoms with E-state index in [0.29, 0.717) is 5.56 Å². The van der Waals surface area contributed by atoms with E-state index in [9.17, 15) is 13.6 Å². The van der Waals surface area contributed by atoms with Gasteiger partial charge in [0.1, 0.15) is 11.3 Å². The first kappa shape index (κ1) is 18.6. The summed E-state index contributed by atoms with van der Waals surface area (Å²) in [7, 11) is 0. The van der Waals surface area contributed by atoms with Crippen LogP contribution in [-0.2, 0) is 6.42 Å². The molecule has 3 heterocycles. The monoisotopic (exact) mass is 384 g/mol. The Morgan fingerprint density at radius 3 is 2.61 bits per heavy atom. The predicted molar refractivity (Wildman–Crippen MR) is 104 cm³/mol. The third-order valence-corrected chi connectivity index (χ3v) is 5.29. The molecule has 1 fully saturated rings. The van der Waals surface area contributed by atoms with Crippen molar-refractivity contribution in [3.8, 4) is 11.3 Å². The molecule has 28 heavy (non-hydrogen) atoms. The topological polar surface area (TPSA) is 46.3 Å². The van der Waals surface area contributed by atoms with E-state index >= 15 is 0 Å². The normalized spacial score (nSPS) is 16.5. The van der Waals surface area contributed by atoms with Gasteiger partial charge in [0, 0.05) is 49.5 Å². The van der Waals surface area contributed by atoms with E-state index in [4.69, 9.17) is 4.42 Å². The molecule has 0 saturated carbocycles. The average Bonchev–Trinajstić information content (AvgIpc) is 3.11. The summed E-state index contributed by atoms with van der Waals surface area (Å²) in [5, 5.41) is 1.03. The fourth-order valence-electron chi connectivity index (χ4n) is 3.61. The molecule has 1 amide bonds. The van der Waals surface area contributed by atoms with Crippen LogP contribution in [0.3, 0.4) is 0 Å². The molecule has 0 spiro atoms. The summed E-state index contributed by atoms with van der Waals surface area (Å²) >= 11 is 0. The largest absolute Gasteiger partial charge is 0.461 e. The highest BCUT2D eigenvalue weighted by molar-refractivity contribution is 5.94. The Morgan fingerprint density at radius 2 is 1.96 bits per heavy atom. The summed E-state index contributed by atoms with van der Waals surface area (Å²) in [5.41, 5.74) is 4.04. The van der Waals surface area contributed by atoms with Crippen LogP contribution in [0.4, 0.5) is 8.78 Å². The highest BCUT2D eigenvalue weighted by Crippen LogP contribution is 2.30. The van der Waals surface area contributed by atoms with Gasteiger partial charge in [0.2, 0.25) is 0 Å². The van der Waals surface area contributed by atoms with Gasteiger partial charge in [-0.05, 0) is 42.8 Å². The molecule has 0 N–H and O–H groups in total. The number of benzene rings is 1. The van der Waals surface area contributed by atoms with E-state index in [1.165, 1.54) is 11.1 Å². The van der Waals surface area contributed by atoms with Gasteiger partial charge in [-0.1, -0.05) is 6.92 Å². The number of aryl methyl sites for hydroxylation is 2. The van der Waals surface area contributed by atoms with Crippen LogP contribution in [0.5, 0.6) is 0 Å². The van der Waals surface area contributed by atoms with Crippen LogP contribution < -0.4 is 0 Å². The zero-order valence-electron chi connectivity index (χ0n) is 16.0. The van der Waals surface area contributed by atoms with Crippen molar-refractivity contribution in [3.05, 3.63) is 53.4 Å². The standard InChI is InChI=1S/C22H22F2N2O2/c1-3-18-12-17-11-16(10-14(2)20(17)28-18)19-5-4-15(13-25-19)21(27)26-8-6-22(23,24)7-9-26/h4-5,10-13H,3,6-9H2,1-2H3. The first-order valence-corrected chi connectivity index (χ1v) is 9.53. The van der Waals surface area contributed by atoms with Crippen molar-refractivity contribution < 1.29 is 18.0 Å². The average molecular weight is 384 g/mol. The molecule has 1 aliphatic heterocycles. The second-order valence-corrected chi connectivity index (χ2v) is 7.36. The molecule has 1 aliphatic rings. The zero-order valence-corrected chi connectivity index (χ0v) is 16.0. The van der Waals surface area contributed by atoms with Crippen molar-refractivity contribution >= 4 is 16.9 Å². The fourth-order valence-corrected chi connectivity index (χ4v) is 3.61. The summed E-state index contributed by atoms with van der Waals surface area (Å²) < 4.78 is 32.4. The van der Waals surface area contributed by atoms with Gasteiger partial charge in [-0.15, -0.1) is 0 Å². The van der Waals surface area contributed by atoms with Crippen molar-refractivity contribution in [1.82, 2.24) is 9.88 Å². The molecule has 4 rings (SSSR count). The number of nitrogens with zero attached hydrogens (tertiary/aromatic N) is 2. The predicted octanol–water partition coefficient (Wildman–Crippen LogP) is 5.24. The number of halogens is 2. The van der Waals surface area contributed by atoms with Crippen molar-refractivity contribution in [2.75, 3.05) is 13.1 Å². The Hall–Kier alpha value is -2.76. The second kappa shape index (κ2) is 7.00. The molecule has 6 heteroatoms. The van der Waals surface area contributed by atoms with Crippen LogP contribution >= 0.6 is 0 Å². The molecule has 0 unspecified atom stereocenters. The zero-order chi connectivity index (χ0) is 19.9. The van der Waals surface area contributed by atoms with E-state index in [2.05, 4.69) is 11.9 Å². The van der Waals surface area contributed by atoms with Gasteiger partial charge in [-0.25, -0.2) is 8.78 Å². The van der Waals surface area contributed by atoms with Crippen LogP contribution in [0.1, 0.15) is 41.4 Å². The number of aromatic nitrogens is 1. The molecular formula is C22H22F2N2O2. The van der Waals surface area contributed by atoms with Crippen molar-refractivity contribution in [2.24, 2.45) is 0 Å².